The average molecular weight is 358 g/mol. The molecule has 1 aliphatic carbocycles. The number of amidine groups is 1. The van der Waals surface area contributed by atoms with Crippen LogP contribution in [0, 0.1) is 16.7 Å². The van der Waals surface area contributed by atoms with E-state index in [1.807, 2.05) is 24.1 Å². The molecule has 1 saturated carbocycles. The maximum atomic E-state index is 8.73. The highest BCUT2D eigenvalue weighted by Gasteiger charge is 2.37. The van der Waals surface area contributed by atoms with E-state index in [0.29, 0.717) is 13.0 Å². The molecule has 0 unspecified atom stereocenters. The van der Waals surface area contributed by atoms with Gasteiger partial charge in [-0.15, -0.1) is 0 Å². The first-order valence-corrected chi connectivity index (χ1v) is 9.53. The molecule has 0 atom stereocenters. The fourth-order valence-electron chi connectivity index (χ4n) is 3.74. The predicted octanol–water partition coefficient (Wildman–Crippen LogP) is 1.65. The summed E-state index contributed by atoms with van der Waals surface area (Å²) < 4.78 is 7.38. The maximum absolute atomic E-state index is 8.73. The number of nitrogens with one attached hydrogen (secondary N) is 1. The Balaban J connectivity index is 1.60. The SMILES string of the molecule is CN=C(c1cnn(CCC#N)c1)N1CCC(CNC2CC2)(COC)CC1. The molecule has 7 heteroatoms. The van der Waals surface area contributed by atoms with Gasteiger partial charge in [-0.2, -0.15) is 10.4 Å². The molecule has 2 heterocycles. The van der Waals surface area contributed by atoms with Crippen molar-refractivity contribution in [1.29, 1.82) is 5.26 Å². The highest BCUT2D eigenvalue weighted by atomic mass is 16.5. The van der Waals surface area contributed by atoms with Crippen molar-refractivity contribution in [1.82, 2.24) is 20.0 Å². The average Bonchev–Trinajstić information content (AvgIpc) is 3.38. The molecule has 0 aromatic carbocycles. The number of methoxy groups -OCH3 is 1. The molecule has 0 amide bonds. The van der Waals surface area contributed by atoms with Crippen molar-refractivity contribution in [2.45, 2.75) is 44.7 Å². The Morgan fingerprint density at radius 3 is 2.85 bits per heavy atom. The molecule has 0 radical (unpaired) electrons. The Morgan fingerprint density at radius 2 is 2.23 bits per heavy atom. The minimum atomic E-state index is 0.226. The van der Waals surface area contributed by atoms with Crippen molar-refractivity contribution in [3.63, 3.8) is 0 Å². The molecular weight excluding hydrogens is 328 g/mol. The quantitative estimate of drug-likeness (QED) is 0.565. The van der Waals surface area contributed by atoms with Gasteiger partial charge in [0.25, 0.3) is 0 Å². The number of likely N-dealkylation sites (tertiary alicyclic amines) is 1. The lowest BCUT2D eigenvalue weighted by Gasteiger charge is -2.42. The molecule has 3 rings (SSSR count). The van der Waals surface area contributed by atoms with Crippen molar-refractivity contribution in [2.24, 2.45) is 10.4 Å². The zero-order chi connectivity index (χ0) is 18.4. The summed E-state index contributed by atoms with van der Waals surface area (Å²) in [6, 6.07) is 2.89. The van der Waals surface area contributed by atoms with Gasteiger partial charge in [-0.25, -0.2) is 0 Å². The monoisotopic (exact) mass is 358 g/mol. The van der Waals surface area contributed by atoms with Crippen LogP contribution in [-0.2, 0) is 11.3 Å². The lowest BCUT2D eigenvalue weighted by molar-refractivity contribution is 0.0365. The van der Waals surface area contributed by atoms with Gasteiger partial charge in [0, 0.05) is 51.4 Å². The zero-order valence-corrected chi connectivity index (χ0v) is 15.9. The third-order valence-corrected chi connectivity index (χ3v) is 5.47. The van der Waals surface area contributed by atoms with Gasteiger partial charge in [0.15, 0.2) is 0 Å². The molecule has 26 heavy (non-hydrogen) atoms. The van der Waals surface area contributed by atoms with Crippen LogP contribution in [0.5, 0.6) is 0 Å². The van der Waals surface area contributed by atoms with Gasteiger partial charge >= 0.3 is 0 Å². The first kappa shape index (κ1) is 18.9. The van der Waals surface area contributed by atoms with Gasteiger partial charge in [0.05, 0.1) is 37.4 Å². The van der Waals surface area contributed by atoms with Crippen LogP contribution in [0.15, 0.2) is 17.4 Å². The van der Waals surface area contributed by atoms with E-state index in [2.05, 4.69) is 26.4 Å². The van der Waals surface area contributed by atoms with E-state index in [1.165, 1.54) is 12.8 Å². The number of nitriles is 1. The van der Waals surface area contributed by atoms with Crippen LogP contribution in [0.4, 0.5) is 0 Å². The minimum absolute atomic E-state index is 0.226. The summed E-state index contributed by atoms with van der Waals surface area (Å²) in [4.78, 5) is 6.89. The first-order valence-electron chi connectivity index (χ1n) is 9.53. The Morgan fingerprint density at radius 1 is 1.46 bits per heavy atom. The lowest BCUT2D eigenvalue weighted by atomic mass is 9.78. The van der Waals surface area contributed by atoms with Crippen LogP contribution in [0.1, 0.15) is 37.7 Å². The Labute approximate surface area is 156 Å². The third-order valence-electron chi connectivity index (χ3n) is 5.47. The number of aliphatic imine (C=N–C) groups is 1. The van der Waals surface area contributed by atoms with E-state index in [0.717, 1.165) is 56.5 Å². The lowest BCUT2D eigenvalue weighted by Crippen LogP contribution is -2.49. The van der Waals surface area contributed by atoms with Crippen molar-refractivity contribution in [2.75, 3.05) is 40.4 Å². The summed E-state index contributed by atoms with van der Waals surface area (Å²) >= 11 is 0. The Kier molecular flexibility index (Phi) is 6.28. The van der Waals surface area contributed by atoms with Crippen LogP contribution in [-0.4, -0.2) is 67.0 Å². The molecule has 0 spiro atoms. The van der Waals surface area contributed by atoms with Gasteiger partial charge in [-0.3, -0.25) is 9.67 Å². The van der Waals surface area contributed by atoms with Crippen LogP contribution in [0.2, 0.25) is 0 Å². The molecule has 0 bridgehead atoms. The summed E-state index contributed by atoms with van der Waals surface area (Å²) in [6.45, 7) is 4.43. The Bertz CT molecular complexity index is 649. The summed E-state index contributed by atoms with van der Waals surface area (Å²) in [7, 11) is 3.65. The van der Waals surface area contributed by atoms with Gasteiger partial charge in [0.2, 0.25) is 0 Å². The number of aryl methyl sites for hydroxylation is 1. The van der Waals surface area contributed by atoms with Crippen LogP contribution in [0.3, 0.4) is 0 Å². The topological polar surface area (TPSA) is 78.5 Å². The highest BCUT2D eigenvalue weighted by Crippen LogP contribution is 2.33. The number of piperidine rings is 1. The van der Waals surface area contributed by atoms with E-state index in [-0.39, 0.29) is 5.41 Å². The second-order valence-corrected chi connectivity index (χ2v) is 7.52. The molecule has 1 N–H and O–H groups in total. The fourth-order valence-corrected chi connectivity index (χ4v) is 3.74. The number of aromatic nitrogens is 2. The third kappa shape index (κ3) is 4.63. The van der Waals surface area contributed by atoms with E-state index in [4.69, 9.17) is 10.00 Å². The van der Waals surface area contributed by atoms with Crippen molar-refractivity contribution < 1.29 is 4.74 Å². The number of nitrogens with zero attached hydrogens (tertiary/aromatic N) is 5. The standard InChI is InChI=1S/C19H30N6O/c1-21-18(16-12-23-25(13-16)9-3-8-20)24-10-6-19(7-11-24,15-26-2)14-22-17-4-5-17/h12-13,17,22H,3-7,9-11,14-15H2,1-2H3. The first-order chi connectivity index (χ1) is 12.7. The molecule has 2 fully saturated rings. The van der Waals surface area contributed by atoms with Crippen LogP contribution in [0.25, 0.3) is 0 Å². The summed E-state index contributed by atoms with van der Waals surface area (Å²) in [5, 5.41) is 16.8. The number of ether oxygens (including phenoxy) is 1. The van der Waals surface area contributed by atoms with Crippen LogP contribution >= 0.6 is 0 Å². The smallest absolute Gasteiger partial charge is 0.133 e. The molecule has 1 aliphatic heterocycles. The van der Waals surface area contributed by atoms with Crippen molar-refractivity contribution in [3.05, 3.63) is 18.0 Å². The van der Waals surface area contributed by atoms with Crippen LogP contribution < -0.4 is 5.32 Å². The minimum Gasteiger partial charge on any atom is -0.384 e. The molecule has 1 aromatic heterocycles. The highest BCUT2D eigenvalue weighted by molar-refractivity contribution is 5.98. The zero-order valence-electron chi connectivity index (χ0n) is 15.9. The van der Waals surface area contributed by atoms with E-state index in [1.54, 1.807) is 7.11 Å². The number of hydrogen-bond acceptors (Lipinski definition) is 5. The number of rotatable bonds is 8. The van der Waals surface area contributed by atoms with E-state index >= 15 is 0 Å². The second-order valence-electron chi connectivity index (χ2n) is 7.52. The van der Waals surface area contributed by atoms with Gasteiger partial charge < -0.3 is 15.0 Å². The summed E-state index contributed by atoms with van der Waals surface area (Å²) in [5.41, 5.74) is 1.25. The van der Waals surface area contributed by atoms with E-state index in [9.17, 15) is 0 Å². The molecule has 2 aliphatic rings. The normalized spacial score (nSPS) is 20.2. The van der Waals surface area contributed by atoms with Crippen molar-refractivity contribution in [3.8, 4) is 6.07 Å². The number of hydrogen-bond donors (Lipinski definition) is 1. The van der Waals surface area contributed by atoms with Crippen molar-refractivity contribution >= 4 is 5.84 Å². The molecule has 142 valence electrons. The summed E-state index contributed by atoms with van der Waals surface area (Å²) in [6.07, 6.45) is 9.15. The molecule has 1 aromatic rings. The van der Waals surface area contributed by atoms with Gasteiger partial charge in [0.1, 0.15) is 5.84 Å². The molecule has 1 saturated heterocycles. The Hall–Kier alpha value is -1.91. The molecular formula is C19H30N6O. The summed E-state index contributed by atoms with van der Waals surface area (Å²) in [5.74, 6) is 0.995. The van der Waals surface area contributed by atoms with E-state index < -0.39 is 0 Å². The fraction of sp³-hybridized carbons (Fsp3) is 0.737. The van der Waals surface area contributed by atoms with Gasteiger partial charge in [-0.05, 0) is 25.7 Å². The maximum Gasteiger partial charge on any atom is 0.133 e. The second kappa shape index (κ2) is 8.65. The predicted molar refractivity (Wildman–Crippen MR) is 101 cm³/mol. The van der Waals surface area contributed by atoms with Gasteiger partial charge in [-0.1, -0.05) is 0 Å². The largest absolute Gasteiger partial charge is 0.384 e. The molecule has 7 nitrogen and oxygen atoms in total.